The van der Waals surface area contributed by atoms with Gasteiger partial charge in [0, 0.05) is 37.1 Å². The first-order chi connectivity index (χ1) is 13.0. The second-order valence-corrected chi connectivity index (χ2v) is 7.39. The third-order valence-corrected chi connectivity index (χ3v) is 5.51. The van der Waals surface area contributed by atoms with Crippen LogP contribution in [0, 0.1) is 13.8 Å². The fourth-order valence-electron chi connectivity index (χ4n) is 3.69. The molecule has 1 aliphatic rings. The summed E-state index contributed by atoms with van der Waals surface area (Å²) >= 11 is 0. The van der Waals surface area contributed by atoms with Crippen molar-refractivity contribution in [1.82, 2.24) is 15.3 Å². The smallest absolute Gasteiger partial charge is 0.261 e. The molecule has 2 aromatic heterocycles. The fraction of sp³-hybridized carbons (Fsp3) is 0.476. The van der Waals surface area contributed by atoms with Crippen molar-refractivity contribution in [2.75, 3.05) is 11.9 Å². The second-order valence-electron chi connectivity index (χ2n) is 7.39. The second kappa shape index (κ2) is 8.37. The number of aromatic nitrogens is 2. The number of amides is 1. The monoisotopic (exact) mass is 368 g/mol. The molecule has 144 valence electrons. The van der Waals surface area contributed by atoms with Crippen molar-refractivity contribution >= 4 is 11.7 Å². The molecule has 2 N–H and O–H groups in total. The lowest BCUT2D eigenvalue weighted by Crippen LogP contribution is -2.35. The summed E-state index contributed by atoms with van der Waals surface area (Å²) in [7, 11) is 2.08. The molecular formula is C21H28N4O2. The quantitative estimate of drug-likeness (QED) is 0.850. The minimum Gasteiger partial charge on any atom is -0.356 e. The molecule has 6 nitrogen and oxygen atoms in total. The molecule has 1 aliphatic carbocycles. The Kier molecular flexibility index (Phi) is 5.94. The first-order valence-electron chi connectivity index (χ1n) is 9.63. The molecular weight excluding hydrogens is 340 g/mol. The number of carbonyl (C=O) groups is 1. The summed E-state index contributed by atoms with van der Waals surface area (Å²) < 4.78 is 0. The summed E-state index contributed by atoms with van der Waals surface area (Å²) in [6.45, 7) is 4.03. The third kappa shape index (κ3) is 4.38. The predicted molar refractivity (Wildman–Crippen MR) is 107 cm³/mol. The lowest BCUT2D eigenvalue weighted by Gasteiger charge is -2.33. The van der Waals surface area contributed by atoms with Crippen molar-refractivity contribution in [1.29, 1.82) is 0 Å². The van der Waals surface area contributed by atoms with Crippen molar-refractivity contribution in [3.63, 3.8) is 0 Å². The highest BCUT2D eigenvalue weighted by Crippen LogP contribution is 2.26. The zero-order valence-electron chi connectivity index (χ0n) is 16.3. The van der Waals surface area contributed by atoms with Gasteiger partial charge in [0.25, 0.3) is 11.5 Å². The minimum atomic E-state index is -0.366. The Morgan fingerprint density at radius 1 is 1.30 bits per heavy atom. The average molecular weight is 368 g/mol. The van der Waals surface area contributed by atoms with E-state index < -0.39 is 0 Å². The van der Waals surface area contributed by atoms with Gasteiger partial charge in [0.1, 0.15) is 11.4 Å². The van der Waals surface area contributed by atoms with E-state index in [1.54, 1.807) is 12.3 Å². The molecule has 0 radical (unpaired) electrons. The number of nitrogens with one attached hydrogen (secondary N) is 2. The Bertz CT molecular complexity index is 869. The molecule has 0 bridgehead atoms. The molecule has 2 heterocycles. The number of carbonyl (C=O) groups excluding carboxylic acids is 1. The van der Waals surface area contributed by atoms with Gasteiger partial charge in [0.2, 0.25) is 0 Å². The van der Waals surface area contributed by atoms with Crippen molar-refractivity contribution in [2.45, 2.75) is 58.5 Å². The van der Waals surface area contributed by atoms with Crippen molar-refractivity contribution in [2.24, 2.45) is 0 Å². The summed E-state index contributed by atoms with van der Waals surface area (Å²) in [6, 6.07) is 5.99. The van der Waals surface area contributed by atoms with E-state index in [0.717, 1.165) is 22.6 Å². The van der Waals surface area contributed by atoms with Gasteiger partial charge in [-0.2, -0.15) is 0 Å². The van der Waals surface area contributed by atoms with E-state index in [2.05, 4.69) is 27.2 Å². The molecule has 1 fully saturated rings. The number of anilines is 1. The van der Waals surface area contributed by atoms with E-state index in [1.807, 2.05) is 26.0 Å². The van der Waals surface area contributed by atoms with E-state index in [9.17, 15) is 9.59 Å². The molecule has 6 heteroatoms. The first kappa shape index (κ1) is 19.1. The van der Waals surface area contributed by atoms with Crippen LogP contribution in [0.15, 0.2) is 29.2 Å². The van der Waals surface area contributed by atoms with Crippen LogP contribution in [0.1, 0.15) is 59.3 Å². The van der Waals surface area contributed by atoms with Gasteiger partial charge in [-0.3, -0.25) is 9.59 Å². The van der Waals surface area contributed by atoms with Crippen LogP contribution in [0.5, 0.6) is 0 Å². The van der Waals surface area contributed by atoms with Gasteiger partial charge < -0.3 is 15.2 Å². The Balaban J connectivity index is 1.74. The Morgan fingerprint density at radius 2 is 2.04 bits per heavy atom. The highest BCUT2D eigenvalue weighted by molar-refractivity contribution is 5.94. The lowest BCUT2D eigenvalue weighted by molar-refractivity contribution is 0.0949. The maximum Gasteiger partial charge on any atom is 0.261 e. The average Bonchev–Trinajstić information content (AvgIpc) is 2.69. The van der Waals surface area contributed by atoms with E-state index in [1.165, 1.54) is 32.1 Å². The third-order valence-electron chi connectivity index (χ3n) is 5.51. The Labute approximate surface area is 160 Å². The predicted octanol–water partition coefficient (Wildman–Crippen LogP) is 3.09. The van der Waals surface area contributed by atoms with Crippen molar-refractivity contribution in [3.05, 3.63) is 57.1 Å². The Hall–Kier alpha value is -2.63. The molecule has 0 spiro atoms. The summed E-state index contributed by atoms with van der Waals surface area (Å²) in [4.78, 5) is 34.1. The number of pyridine rings is 2. The van der Waals surface area contributed by atoms with Crippen LogP contribution in [-0.2, 0) is 6.54 Å². The van der Waals surface area contributed by atoms with Gasteiger partial charge in [-0.25, -0.2) is 4.98 Å². The molecule has 0 aromatic carbocycles. The van der Waals surface area contributed by atoms with Gasteiger partial charge in [-0.1, -0.05) is 25.3 Å². The Morgan fingerprint density at radius 3 is 2.78 bits per heavy atom. The summed E-state index contributed by atoms with van der Waals surface area (Å²) in [5, 5.41) is 2.88. The topological polar surface area (TPSA) is 78.1 Å². The normalized spacial score (nSPS) is 14.8. The zero-order valence-corrected chi connectivity index (χ0v) is 16.3. The molecule has 0 saturated heterocycles. The van der Waals surface area contributed by atoms with Gasteiger partial charge in [-0.05, 0) is 44.4 Å². The standard InChI is InChI=1S/C21H28N4O2/c1-14-12-18(21(27)24-15(14)2)20(26)23-13-16-8-7-11-22-19(16)25(3)17-9-5-4-6-10-17/h7-8,11-12,17H,4-6,9-10,13H2,1-3H3,(H,23,26)(H,24,27). The maximum atomic E-state index is 12.5. The number of nitrogens with zero attached hydrogens (tertiary/aromatic N) is 2. The highest BCUT2D eigenvalue weighted by Gasteiger charge is 2.21. The molecule has 3 rings (SSSR count). The van der Waals surface area contributed by atoms with E-state index in [-0.39, 0.29) is 17.0 Å². The minimum absolute atomic E-state index is 0.143. The van der Waals surface area contributed by atoms with E-state index >= 15 is 0 Å². The van der Waals surface area contributed by atoms with Crippen LogP contribution in [0.4, 0.5) is 5.82 Å². The zero-order chi connectivity index (χ0) is 19.4. The summed E-state index contributed by atoms with van der Waals surface area (Å²) in [5.41, 5.74) is 2.41. The number of hydrogen-bond acceptors (Lipinski definition) is 4. The van der Waals surface area contributed by atoms with E-state index in [0.29, 0.717) is 12.6 Å². The fourth-order valence-corrected chi connectivity index (χ4v) is 3.69. The van der Waals surface area contributed by atoms with Crippen molar-refractivity contribution < 1.29 is 4.79 Å². The highest BCUT2D eigenvalue weighted by atomic mass is 16.2. The molecule has 0 unspecified atom stereocenters. The number of aromatic amines is 1. The lowest BCUT2D eigenvalue weighted by atomic mass is 9.94. The van der Waals surface area contributed by atoms with Crippen LogP contribution in [0.2, 0.25) is 0 Å². The molecule has 0 aliphatic heterocycles. The van der Waals surface area contributed by atoms with Gasteiger partial charge >= 0.3 is 0 Å². The SMILES string of the molecule is Cc1cc(C(=O)NCc2cccnc2N(C)C2CCCCC2)c(=O)[nH]c1C. The molecule has 27 heavy (non-hydrogen) atoms. The van der Waals surface area contributed by atoms with Gasteiger partial charge in [0.15, 0.2) is 0 Å². The van der Waals surface area contributed by atoms with Crippen LogP contribution in [0.25, 0.3) is 0 Å². The van der Waals surface area contributed by atoms with Gasteiger partial charge in [0.05, 0.1) is 0 Å². The largest absolute Gasteiger partial charge is 0.356 e. The molecule has 2 aromatic rings. The van der Waals surface area contributed by atoms with Crippen LogP contribution >= 0.6 is 0 Å². The molecule has 0 atom stereocenters. The summed E-state index contributed by atoms with van der Waals surface area (Å²) in [6.07, 6.45) is 7.95. The van der Waals surface area contributed by atoms with Crippen molar-refractivity contribution in [3.8, 4) is 0 Å². The number of rotatable bonds is 5. The number of aryl methyl sites for hydroxylation is 2. The van der Waals surface area contributed by atoms with Crippen LogP contribution < -0.4 is 15.8 Å². The van der Waals surface area contributed by atoms with Crippen LogP contribution in [-0.4, -0.2) is 29.0 Å². The molecule has 1 saturated carbocycles. The molecule has 1 amide bonds. The van der Waals surface area contributed by atoms with Crippen LogP contribution in [0.3, 0.4) is 0 Å². The number of H-pyrrole nitrogens is 1. The maximum absolute atomic E-state index is 12.5. The first-order valence-corrected chi connectivity index (χ1v) is 9.63. The van der Waals surface area contributed by atoms with E-state index in [4.69, 9.17) is 0 Å². The number of hydrogen-bond donors (Lipinski definition) is 2. The summed E-state index contributed by atoms with van der Waals surface area (Å²) in [5.74, 6) is 0.535. The van der Waals surface area contributed by atoms with Gasteiger partial charge in [-0.15, -0.1) is 0 Å².